The van der Waals surface area contributed by atoms with Crippen molar-refractivity contribution in [3.05, 3.63) is 24.0 Å². The highest BCUT2D eigenvalue weighted by molar-refractivity contribution is 5.92. The molecule has 1 heterocycles. The zero-order valence-corrected chi connectivity index (χ0v) is 10.1. The molecule has 1 aromatic rings. The summed E-state index contributed by atoms with van der Waals surface area (Å²) in [6.07, 6.45) is 2.59. The van der Waals surface area contributed by atoms with Gasteiger partial charge in [-0.2, -0.15) is 0 Å². The van der Waals surface area contributed by atoms with Crippen LogP contribution in [0.3, 0.4) is 0 Å². The van der Waals surface area contributed by atoms with Gasteiger partial charge in [0.25, 0.3) is 5.91 Å². The Bertz CT molecular complexity index is 335. The number of anilines is 1. The van der Waals surface area contributed by atoms with Gasteiger partial charge in [-0.15, -0.1) is 0 Å². The Kier molecular flexibility index (Phi) is 4.76. The first-order valence-corrected chi connectivity index (χ1v) is 5.68. The van der Waals surface area contributed by atoms with Gasteiger partial charge in [-0.25, -0.2) is 4.98 Å². The molecule has 0 aliphatic heterocycles. The minimum atomic E-state index is -0.114. The van der Waals surface area contributed by atoms with Crippen molar-refractivity contribution in [2.24, 2.45) is 0 Å². The van der Waals surface area contributed by atoms with E-state index in [9.17, 15) is 4.79 Å². The number of nitrogens with zero attached hydrogens (tertiary/aromatic N) is 1. The normalized spacial score (nSPS) is 11.9. The number of pyridine rings is 1. The molecule has 1 aromatic heterocycles. The zero-order valence-electron chi connectivity index (χ0n) is 10.1. The van der Waals surface area contributed by atoms with Crippen molar-refractivity contribution < 1.29 is 4.79 Å². The van der Waals surface area contributed by atoms with Gasteiger partial charge >= 0.3 is 0 Å². The van der Waals surface area contributed by atoms with E-state index in [0.717, 1.165) is 18.7 Å². The summed E-state index contributed by atoms with van der Waals surface area (Å²) in [7, 11) is 0. The molecule has 4 nitrogen and oxygen atoms in total. The molecule has 0 radical (unpaired) electrons. The van der Waals surface area contributed by atoms with Gasteiger partial charge in [0.1, 0.15) is 5.69 Å². The molecular formula is C12H19N3O. The van der Waals surface area contributed by atoms with Gasteiger partial charge in [0.05, 0.1) is 11.9 Å². The number of amides is 1. The average molecular weight is 221 g/mol. The standard InChI is InChI=1S/C12H19N3O/c1-4-9(3)15-12(16)11-7-6-10(8-14-11)13-5-2/h6-9,13H,4-5H2,1-3H3,(H,15,16). The van der Waals surface area contributed by atoms with Crippen molar-refractivity contribution in [3.8, 4) is 0 Å². The van der Waals surface area contributed by atoms with Crippen LogP contribution in [0.4, 0.5) is 5.69 Å². The van der Waals surface area contributed by atoms with Gasteiger partial charge in [-0.05, 0) is 32.4 Å². The molecule has 1 atom stereocenters. The van der Waals surface area contributed by atoms with Gasteiger partial charge < -0.3 is 10.6 Å². The maximum Gasteiger partial charge on any atom is 0.270 e. The van der Waals surface area contributed by atoms with Crippen molar-refractivity contribution in [2.75, 3.05) is 11.9 Å². The lowest BCUT2D eigenvalue weighted by Crippen LogP contribution is -2.32. The molecule has 0 saturated carbocycles. The summed E-state index contributed by atoms with van der Waals surface area (Å²) >= 11 is 0. The topological polar surface area (TPSA) is 54.0 Å². The number of hydrogen-bond donors (Lipinski definition) is 2. The quantitative estimate of drug-likeness (QED) is 0.800. The van der Waals surface area contributed by atoms with Crippen LogP contribution in [0.2, 0.25) is 0 Å². The van der Waals surface area contributed by atoms with Gasteiger partial charge in [-0.1, -0.05) is 6.92 Å². The van der Waals surface area contributed by atoms with Crippen LogP contribution in [-0.2, 0) is 0 Å². The van der Waals surface area contributed by atoms with Crippen LogP contribution in [0.15, 0.2) is 18.3 Å². The van der Waals surface area contributed by atoms with Crippen LogP contribution >= 0.6 is 0 Å². The van der Waals surface area contributed by atoms with E-state index in [2.05, 4.69) is 15.6 Å². The van der Waals surface area contributed by atoms with E-state index in [0.29, 0.717) is 5.69 Å². The van der Waals surface area contributed by atoms with Crippen molar-refractivity contribution in [1.29, 1.82) is 0 Å². The minimum absolute atomic E-state index is 0.114. The molecule has 0 bridgehead atoms. The third kappa shape index (κ3) is 3.53. The maximum atomic E-state index is 11.7. The van der Waals surface area contributed by atoms with E-state index < -0.39 is 0 Å². The minimum Gasteiger partial charge on any atom is -0.384 e. The van der Waals surface area contributed by atoms with E-state index in [4.69, 9.17) is 0 Å². The van der Waals surface area contributed by atoms with E-state index in [1.165, 1.54) is 0 Å². The molecule has 1 rings (SSSR count). The summed E-state index contributed by atoms with van der Waals surface area (Å²) in [4.78, 5) is 15.8. The Balaban J connectivity index is 2.63. The summed E-state index contributed by atoms with van der Waals surface area (Å²) in [6.45, 7) is 6.88. The second-order valence-corrected chi connectivity index (χ2v) is 3.75. The second kappa shape index (κ2) is 6.10. The SMILES string of the molecule is CCNc1ccc(C(=O)NC(C)CC)nc1. The summed E-state index contributed by atoms with van der Waals surface area (Å²) < 4.78 is 0. The number of carbonyl (C=O) groups excluding carboxylic acids is 1. The van der Waals surface area contributed by atoms with Crippen LogP contribution in [0, 0.1) is 0 Å². The van der Waals surface area contributed by atoms with Crippen LogP contribution in [0.25, 0.3) is 0 Å². The molecule has 0 aromatic carbocycles. The highest BCUT2D eigenvalue weighted by Gasteiger charge is 2.09. The smallest absolute Gasteiger partial charge is 0.270 e. The Morgan fingerprint density at radius 3 is 2.69 bits per heavy atom. The van der Waals surface area contributed by atoms with Crippen LogP contribution in [-0.4, -0.2) is 23.5 Å². The van der Waals surface area contributed by atoms with Crippen molar-refractivity contribution >= 4 is 11.6 Å². The third-order valence-electron chi connectivity index (χ3n) is 2.37. The molecule has 1 amide bonds. The highest BCUT2D eigenvalue weighted by atomic mass is 16.1. The van der Waals surface area contributed by atoms with Gasteiger partial charge in [-0.3, -0.25) is 4.79 Å². The highest BCUT2D eigenvalue weighted by Crippen LogP contribution is 2.05. The Morgan fingerprint density at radius 1 is 1.44 bits per heavy atom. The molecular weight excluding hydrogens is 202 g/mol. The van der Waals surface area contributed by atoms with Gasteiger partial charge in [0, 0.05) is 12.6 Å². The Hall–Kier alpha value is -1.58. The summed E-state index contributed by atoms with van der Waals surface area (Å²) in [5.74, 6) is -0.114. The first kappa shape index (κ1) is 12.5. The predicted octanol–water partition coefficient (Wildman–Crippen LogP) is 2.04. The fraction of sp³-hybridized carbons (Fsp3) is 0.500. The molecule has 0 aliphatic rings. The monoisotopic (exact) mass is 221 g/mol. The molecule has 0 saturated heterocycles. The summed E-state index contributed by atoms with van der Waals surface area (Å²) in [5.41, 5.74) is 1.39. The molecule has 4 heteroatoms. The maximum absolute atomic E-state index is 11.7. The van der Waals surface area contributed by atoms with Crippen molar-refractivity contribution in [1.82, 2.24) is 10.3 Å². The van der Waals surface area contributed by atoms with Crippen molar-refractivity contribution in [3.63, 3.8) is 0 Å². The van der Waals surface area contributed by atoms with E-state index in [1.54, 1.807) is 12.3 Å². The summed E-state index contributed by atoms with van der Waals surface area (Å²) in [5, 5.41) is 6.01. The lowest BCUT2D eigenvalue weighted by Gasteiger charge is -2.11. The molecule has 0 fully saturated rings. The van der Waals surface area contributed by atoms with Crippen LogP contribution in [0.5, 0.6) is 0 Å². The third-order valence-corrected chi connectivity index (χ3v) is 2.37. The van der Waals surface area contributed by atoms with Gasteiger partial charge in [0.2, 0.25) is 0 Å². The molecule has 0 aliphatic carbocycles. The molecule has 0 spiro atoms. The lowest BCUT2D eigenvalue weighted by molar-refractivity contribution is 0.0934. The Morgan fingerprint density at radius 2 is 2.19 bits per heavy atom. The lowest BCUT2D eigenvalue weighted by atomic mass is 10.2. The molecule has 1 unspecified atom stereocenters. The van der Waals surface area contributed by atoms with E-state index >= 15 is 0 Å². The predicted molar refractivity (Wildman–Crippen MR) is 65.6 cm³/mol. The number of carbonyl (C=O) groups is 1. The summed E-state index contributed by atoms with van der Waals surface area (Å²) in [6, 6.07) is 3.78. The molecule has 88 valence electrons. The fourth-order valence-electron chi connectivity index (χ4n) is 1.24. The average Bonchev–Trinajstić information content (AvgIpc) is 2.30. The number of hydrogen-bond acceptors (Lipinski definition) is 3. The second-order valence-electron chi connectivity index (χ2n) is 3.75. The number of nitrogens with one attached hydrogen (secondary N) is 2. The largest absolute Gasteiger partial charge is 0.384 e. The van der Waals surface area contributed by atoms with E-state index in [1.807, 2.05) is 26.8 Å². The van der Waals surface area contributed by atoms with E-state index in [-0.39, 0.29) is 11.9 Å². The van der Waals surface area contributed by atoms with Crippen LogP contribution in [0.1, 0.15) is 37.7 Å². The number of aromatic nitrogens is 1. The molecule has 16 heavy (non-hydrogen) atoms. The first-order valence-electron chi connectivity index (χ1n) is 5.68. The Labute approximate surface area is 96.5 Å². The van der Waals surface area contributed by atoms with Gasteiger partial charge in [0.15, 0.2) is 0 Å². The van der Waals surface area contributed by atoms with Crippen molar-refractivity contribution in [2.45, 2.75) is 33.2 Å². The fourth-order valence-corrected chi connectivity index (χ4v) is 1.24. The number of rotatable bonds is 5. The first-order chi connectivity index (χ1) is 7.67. The zero-order chi connectivity index (χ0) is 12.0. The van der Waals surface area contributed by atoms with Crippen LogP contribution < -0.4 is 10.6 Å². The molecule has 2 N–H and O–H groups in total.